The molecule has 1 fully saturated rings. The molecule has 1 N–H and O–H groups in total. The molecule has 0 atom stereocenters. The minimum absolute atomic E-state index is 0.0293. The minimum atomic E-state index is -0.621. The van der Waals surface area contributed by atoms with Gasteiger partial charge in [-0.3, -0.25) is 9.59 Å². The number of hydrogen-bond acceptors (Lipinski definition) is 4. The number of nitrogens with zero attached hydrogens (tertiary/aromatic N) is 2. The van der Waals surface area contributed by atoms with E-state index in [1.807, 2.05) is 17.0 Å². The molecule has 6 nitrogen and oxygen atoms in total. The van der Waals surface area contributed by atoms with Crippen molar-refractivity contribution in [2.75, 3.05) is 32.5 Å². The maximum atomic E-state index is 14.7. The van der Waals surface area contributed by atoms with Crippen LogP contribution in [0.15, 0.2) is 60.7 Å². The van der Waals surface area contributed by atoms with E-state index in [0.29, 0.717) is 35.2 Å². The molecule has 200 valence electrons. The number of anilines is 1. The Balaban J connectivity index is 1.28. The number of likely N-dealkylation sites (tertiary alicyclic amines) is 1. The van der Waals surface area contributed by atoms with Gasteiger partial charge in [-0.1, -0.05) is 35.3 Å². The Kier molecular flexibility index (Phi) is 9.26. The summed E-state index contributed by atoms with van der Waals surface area (Å²) in [6, 6.07) is 16.5. The second-order valence-corrected chi connectivity index (χ2v) is 10.4. The van der Waals surface area contributed by atoms with Gasteiger partial charge in [-0.2, -0.15) is 0 Å². The Morgan fingerprint density at radius 3 is 2.34 bits per heavy atom. The molecule has 4 rings (SSSR count). The van der Waals surface area contributed by atoms with Crippen LogP contribution in [-0.4, -0.2) is 54.8 Å². The van der Waals surface area contributed by atoms with Crippen LogP contribution in [0.5, 0.6) is 11.5 Å². The number of halogens is 3. The average molecular weight is 558 g/mol. The van der Waals surface area contributed by atoms with E-state index in [0.717, 1.165) is 31.5 Å². The van der Waals surface area contributed by atoms with Crippen LogP contribution >= 0.6 is 23.2 Å². The van der Waals surface area contributed by atoms with Gasteiger partial charge in [-0.15, -0.1) is 0 Å². The van der Waals surface area contributed by atoms with Crippen LogP contribution in [0.25, 0.3) is 0 Å². The number of rotatable bonds is 8. The molecule has 1 aliphatic rings. The molecule has 0 radical (unpaired) electrons. The maximum absolute atomic E-state index is 14.7. The number of aryl methyl sites for hydroxylation is 1. The highest BCUT2D eigenvalue weighted by Crippen LogP contribution is 2.28. The molecule has 0 bridgehead atoms. The summed E-state index contributed by atoms with van der Waals surface area (Å²) in [6.45, 7) is 1.61. The average Bonchev–Trinajstić information content (AvgIpc) is 2.91. The summed E-state index contributed by atoms with van der Waals surface area (Å²) in [5.41, 5.74) is 1.59. The summed E-state index contributed by atoms with van der Waals surface area (Å²) < 4.78 is 20.4. The predicted molar refractivity (Wildman–Crippen MR) is 149 cm³/mol. The molecule has 9 heteroatoms. The molecule has 1 aliphatic heterocycles. The van der Waals surface area contributed by atoms with Crippen LogP contribution in [0.1, 0.15) is 35.2 Å². The summed E-state index contributed by atoms with van der Waals surface area (Å²) in [6.07, 6.45) is 3.10. The van der Waals surface area contributed by atoms with E-state index < -0.39 is 11.7 Å². The zero-order valence-corrected chi connectivity index (χ0v) is 22.9. The third-order valence-electron chi connectivity index (χ3n) is 6.70. The lowest BCUT2D eigenvalue weighted by molar-refractivity contribution is -0.132. The number of piperidine rings is 1. The van der Waals surface area contributed by atoms with Gasteiger partial charge in [0.25, 0.3) is 5.91 Å². The lowest BCUT2D eigenvalue weighted by Gasteiger charge is -2.35. The summed E-state index contributed by atoms with van der Waals surface area (Å²) in [5.74, 6) is -0.386. The molecular formula is C29H30Cl2FN3O3. The third kappa shape index (κ3) is 7.25. The summed E-state index contributed by atoms with van der Waals surface area (Å²) >= 11 is 11.8. The van der Waals surface area contributed by atoms with Crippen LogP contribution in [0, 0.1) is 5.82 Å². The van der Waals surface area contributed by atoms with Crippen molar-refractivity contribution in [3.05, 3.63) is 87.7 Å². The monoisotopic (exact) mass is 557 g/mol. The van der Waals surface area contributed by atoms with Crippen LogP contribution in [0.3, 0.4) is 0 Å². The molecule has 1 saturated heterocycles. The van der Waals surface area contributed by atoms with E-state index in [2.05, 4.69) is 24.3 Å². The van der Waals surface area contributed by atoms with Gasteiger partial charge in [-0.05, 0) is 81.4 Å². The van der Waals surface area contributed by atoms with Crippen LogP contribution < -0.4 is 10.1 Å². The van der Waals surface area contributed by atoms with Crippen molar-refractivity contribution in [3.8, 4) is 11.5 Å². The number of hydrogen-bond donors (Lipinski definition) is 1. The second kappa shape index (κ2) is 12.6. The maximum Gasteiger partial charge on any atom is 0.255 e. The lowest BCUT2D eigenvalue weighted by Crippen LogP contribution is -2.44. The van der Waals surface area contributed by atoms with Crippen molar-refractivity contribution in [2.24, 2.45) is 0 Å². The van der Waals surface area contributed by atoms with Gasteiger partial charge in [0, 0.05) is 42.9 Å². The van der Waals surface area contributed by atoms with E-state index in [4.69, 9.17) is 27.9 Å². The Labute approximate surface area is 232 Å². The fourth-order valence-corrected chi connectivity index (χ4v) is 4.69. The topological polar surface area (TPSA) is 61.9 Å². The normalized spacial score (nSPS) is 14.0. The summed E-state index contributed by atoms with van der Waals surface area (Å²) in [5, 5.41) is 3.23. The summed E-state index contributed by atoms with van der Waals surface area (Å²) in [4.78, 5) is 29.2. The van der Waals surface area contributed by atoms with Gasteiger partial charge in [0.05, 0.1) is 10.0 Å². The SMILES string of the molecule is CN(C)C1CCN(C(=O)CCc2ccc(Oc3ccc(NC(=O)c4ccc(Cl)c(Cl)c4)cc3F)cc2)CC1. The molecule has 3 aromatic carbocycles. The molecule has 38 heavy (non-hydrogen) atoms. The number of nitrogens with one attached hydrogen (secondary N) is 1. The first-order chi connectivity index (χ1) is 18.2. The Morgan fingerprint density at radius 2 is 1.71 bits per heavy atom. The Bertz CT molecular complexity index is 1290. The van der Waals surface area contributed by atoms with E-state index >= 15 is 0 Å². The number of benzene rings is 3. The van der Waals surface area contributed by atoms with Crippen molar-refractivity contribution >= 4 is 40.7 Å². The first-order valence-corrected chi connectivity index (χ1v) is 13.2. The second-order valence-electron chi connectivity index (χ2n) is 9.55. The van der Waals surface area contributed by atoms with Crippen molar-refractivity contribution in [1.82, 2.24) is 9.80 Å². The number of carbonyl (C=O) groups excluding carboxylic acids is 2. The third-order valence-corrected chi connectivity index (χ3v) is 7.44. The first kappa shape index (κ1) is 27.9. The molecule has 0 saturated carbocycles. The van der Waals surface area contributed by atoms with Crippen molar-refractivity contribution in [1.29, 1.82) is 0 Å². The molecule has 0 aliphatic carbocycles. The number of carbonyl (C=O) groups is 2. The van der Waals surface area contributed by atoms with Gasteiger partial charge in [0.15, 0.2) is 11.6 Å². The van der Waals surface area contributed by atoms with Crippen molar-refractivity contribution in [3.63, 3.8) is 0 Å². The molecule has 0 aromatic heterocycles. The first-order valence-electron chi connectivity index (χ1n) is 12.5. The van der Waals surface area contributed by atoms with Crippen LogP contribution in [-0.2, 0) is 11.2 Å². The fourth-order valence-electron chi connectivity index (χ4n) is 4.39. The molecule has 0 unspecified atom stereocenters. The standard InChI is InChI=1S/C29H30Cl2FN3O3/c1-34(2)22-13-15-35(16-14-22)28(36)12-5-19-3-8-23(9-4-19)38-27-11-7-21(18-26(27)32)33-29(37)20-6-10-24(30)25(31)17-20/h3-4,6-11,17-18,22H,5,12-16H2,1-2H3,(H,33,37). The minimum Gasteiger partial charge on any atom is -0.454 e. The largest absolute Gasteiger partial charge is 0.454 e. The van der Waals surface area contributed by atoms with E-state index in [1.54, 1.807) is 18.2 Å². The molecule has 1 heterocycles. The van der Waals surface area contributed by atoms with Gasteiger partial charge in [-0.25, -0.2) is 4.39 Å². The zero-order chi connectivity index (χ0) is 27.2. The fraction of sp³-hybridized carbons (Fsp3) is 0.310. The summed E-state index contributed by atoms with van der Waals surface area (Å²) in [7, 11) is 4.17. The van der Waals surface area contributed by atoms with E-state index in [9.17, 15) is 14.0 Å². The van der Waals surface area contributed by atoms with E-state index in [1.165, 1.54) is 30.3 Å². The van der Waals surface area contributed by atoms with Gasteiger partial charge >= 0.3 is 0 Å². The van der Waals surface area contributed by atoms with Gasteiger partial charge in [0.1, 0.15) is 5.75 Å². The molecular weight excluding hydrogens is 528 g/mol. The van der Waals surface area contributed by atoms with Crippen LogP contribution in [0.2, 0.25) is 10.0 Å². The molecule has 3 aromatic rings. The zero-order valence-electron chi connectivity index (χ0n) is 21.3. The molecule has 0 spiro atoms. The lowest BCUT2D eigenvalue weighted by atomic mass is 10.0. The molecule has 2 amide bonds. The Hall–Kier alpha value is -3.13. The Morgan fingerprint density at radius 1 is 1.00 bits per heavy atom. The highest BCUT2D eigenvalue weighted by atomic mass is 35.5. The quantitative estimate of drug-likeness (QED) is 0.336. The van der Waals surface area contributed by atoms with Crippen molar-refractivity contribution in [2.45, 2.75) is 31.7 Å². The smallest absolute Gasteiger partial charge is 0.255 e. The highest BCUT2D eigenvalue weighted by Gasteiger charge is 2.23. The number of ether oxygens (including phenoxy) is 1. The van der Waals surface area contributed by atoms with Crippen molar-refractivity contribution < 1.29 is 18.7 Å². The van der Waals surface area contributed by atoms with E-state index in [-0.39, 0.29) is 22.4 Å². The predicted octanol–water partition coefficient (Wildman–Crippen LogP) is 6.66. The highest BCUT2D eigenvalue weighted by molar-refractivity contribution is 6.42. The van der Waals surface area contributed by atoms with Gasteiger partial charge in [0.2, 0.25) is 5.91 Å². The van der Waals surface area contributed by atoms with Gasteiger partial charge < -0.3 is 19.9 Å². The number of amides is 2. The van der Waals surface area contributed by atoms with Crippen LogP contribution in [0.4, 0.5) is 10.1 Å².